The number of fused-ring (bicyclic) bond motifs is 2. The molecule has 2 aliphatic heterocycles. The number of hydrogen-bond acceptors (Lipinski definition) is 6. The standard InChI is InChI=1S/C18H18N4O4S/c23-27(24,13-6-7-15-16(12-13)26-11-10-25-15)22-9-3-4-14(22)18-20-19-17-5-1-2-8-21(17)18/h1-2,5-8,12,14H,3-4,9-11H2/t14-/m0/s1. The van der Waals surface area contributed by atoms with Gasteiger partial charge in [-0.25, -0.2) is 8.42 Å². The molecule has 4 heterocycles. The normalized spacial score (nSPS) is 20.2. The van der Waals surface area contributed by atoms with Crippen LogP contribution >= 0.6 is 0 Å². The van der Waals surface area contributed by atoms with Crippen LogP contribution in [0.3, 0.4) is 0 Å². The molecule has 0 spiro atoms. The summed E-state index contributed by atoms with van der Waals surface area (Å²) >= 11 is 0. The molecule has 27 heavy (non-hydrogen) atoms. The Labute approximate surface area is 156 Å². The third-order valence-electron chi connectivity index (χ3n) is 4.96. The van der Waals surface area contributed by atoms with Crippen molar-refractivity contribution in [1.82, 2.24) is 18.9 Å². The predicted molar refractivity (Wildman–Crippen MR) is 96.3 cm³/mol. The topological polar surface area (TPSA) is 86.0 Å². The van der Waals surface area contributed by atoms with Crippen molar-refractivity contribution < 1.29 is 17.9 Å². The molecule has 1 saturated heterocycles. The van der Waals surface area contributed by atoms with E-state index in [2.05, 4.69) is 10.2 Å². The van der Waals surface area contributed by atoms with Crippen LogP contribution in [0.15, 0.2) is 47.5 Å². The molecule has 0 unspecified atom stereocenters. The van der Waals surface area contributed by atoms with E-state index in [1.807, 2.05) is 28.8 Å². The first-order valence-electron chi connectivity index (χ1n) is 8.86. The van der Waals surface area contributed by atoms with Gasteiger partial charge in [-0.1, -0.05) is 6.07 Å². The van der Waals surface area contributed by atoms with E-state index in [0.717, 1.165) is 6.42 Å². The Kier molecular flexibility index (Phi) is 3.80. The van der Waals surface area contributed by atoms with Gasteiger partial charge in [0.2, 0.25) is 10.0 Å². The van der Waals surface area contributed by atoms with Crippen molar-refractivity contribution in [2.75, 3.05) is 19.8 Å². The summed E-state index contributed by atoms with van der Waals surface area (Å²) in [6.07, 6.45) is 3.34. The number of ether oxygens (including phenoxy) is 2. The molecule has 5 rings (SSSR count). The number of rotatable bonds is 3. The summed E-state index contributed by atoms with van der Waals surface area (Å²) in [5.74, 6) is 1.68. The van der Waals surface area contributed by atoms with E-state index >= 15 is 0 Å². The second-order valence-corrected chi connectivity index (χ2v) is 8.46. The van der Waals surface area contributed by atoms with Crippen LogP contribution in [-0.2, 0) is 10.0 Å². The fourth-order valence-electron chi connectivity index (χ4n) is 3.69. The number of benzene rings is 1. The van der Waals surface area contributed by atoms with Crippen LogP contribution in [0.1, 0.15) is 24.7 Å². The lowest BCUT2D eigenvalue weighted by molar-refractivity contribution is 0.171. The molecule has 1 aromatic carbocycles. The van der Waals surface area contributed by atoms with Crippen LogP contribution in [0, 0.1) is 0 Å². The Balaban J connectivity index is 1.54. The Morgan fingerprint density at radius 3 is 2.78 bits per heavy atom. The van der Waals surface area contributed by atoms with Gasteiger partial charge in [0, 0.05) is 18.8 Å². The van der Waals surface area contributed by atoms with E-state index in [1.165, 1.54) is 4.31 Å². The Bertz CT molecular complexity index is 1110. The van der Waals surface area contributed by atoms with Gasteiger partial charge in [0.05, 0.1) is 10.9 Å². The second kappa shape index (κ2) is 6.21. The first-order chi connectivity index (χ1) is 13.1. The number of nitrogens with zero attached hydrogens (tertiary/aromatic N) is 4. The van der Waals surface area contributed by atoms with E-state index in [4.69, 9.17) is 9.47 Å². The van der Waals surface area contributed by atoms with Crippen molar-refractivity contribution in [2.24, 2.45) is 0 Å². The first kappa shape index (κ1) is 16.5. The maximum absolute atomic E-state index is 13.3. The molecular formula is C18H18N4O4S. The highest BCUT2D eigenvalue weighted by molar-refractivity contribution is 7.89. The number of sulfonamides is 1. The van der Waals surface area contributed by atoms with E-state index in [9.17, 15) is 8.42 Å². The number of aromatic nitrogens is 3. The predicted octanol–water partition coefficient (Wildman–Crippen LogP) is 2.03. The van der Waals surface area contributed by atoms with Gasteiger partial charge >= 0.3 is 0 Å². The minimum Gasteiger partial charge on any atom is -0.486 e. The fourth-order valence-corrected chi connectivity index (χ4v) is 5.36. The van der Waals surface area contributed by atoms with Crippen molar-refractivity contribution in [3.63, 3.8) is 0 Å². The zero-order valence-electron chi connectivity index (χ0n) is 14.5. The van der Waals surface area contributed by atoms with E-state index < -0.39 is 10.0 Å². The Morgan fingerprint density at radius 2 is 1.89 bits per heavy atom. The summed E-state index contributed by atoms with van der Waals surface area (Å²) in [5.41, 5.74) is 0.705. The molecule has 0 saturated carbocycles. The van der Waals surface area contributed by atoms with Crippen molar-refractivity contribution >= 4 is 15.7 Å². The zero-order valence-corrected chi connectivity index (χ0v) is 15.3. The van der Waals surface area contributed by atoms with Gasteiger partial charge in [0.1, 0.15) is 13.2 Å². The lowest BCUT2D eigenvalue weighted by Gasteiger charge is -2.24. The molecule has 0 bridgehead atoms. The lowest BCUT2D eigenvalue weighted by Crippen LogP contribution is -2.31. The number of hydrogen-bond donors (Lipinski definition) is 0. The van der Waals surface area contributed by atoms with Gasteiger partial charge < -0.3 is 9.47 Å². The summed E-state index contributed by atoms with van der Waals surface area (Å²) in [6.45, 7) is 1.32. The molecule has 3 aromatic rings. The average Bonchev–Trinajstić information content (AvgIpc) is 3.34. The summed E-state index contributed by atoms with van der Waals surface area (Å²) in [7, 11) is -3.70. The second-order valence-electron chi connectivity index (χ2n) is 6.57. The highest BCUT2D eigenvalue weighted by atomic mass is 32.2. The average molecular weight is 386 g/mol. The zero-order chi connectivity index (χ0) is 18.4. The molecule has 140 valence electrons. The molecular weight excluding hydrogens is 368 g/mol. The molecule has 0 amide bonds. The summed E-state index contributed by atoms with van der Waals surface area (Å²) < 4.78 is 41.1. The molecule has 1 atom stereocenters. The van der Waals surface area contributed by atoms with Gasteiger partial charge in [0.25, 0.3) is 0 Å². The van der Waals surface area contributed by atoms with Gasteiger partial charge in [-0.15, -0.1) is 10.2 Å². The smallest absolute Gasteiger partial charge is 0.243 e. The van der Waals surface area contributed by atoms with Crippen molar-refractivity contribution in [3.8, 4) is 11.5 Å². The van der Waals surface area contributed by atoms with Gasteiger partial charge in [0.15, 0.2) is 23.0 Å². The van der Waals surface area contributed by atoms with E-state index in [-0.39, 0.29) is 10.9 Å². The molecule has 0 N–H and O–H groups in total. The van der Waals surface area contributed by atoms with Gasteiger partial charge in [-0.3, -0.25) is 4.40 Å². The molecule has 0 aliphatic carbocycles. The maximum atomic E-state index is 13.3. The van der Waals surface area contributed by atoms with Crippen LogP contribution in [0.5, 0.6) is 11.5 Å². The fraction of sp³-hybridized carbons (Fsp3) is 0.333. The highest BCUT2D eigenvalue weighted by Crippen LogP contribution is 2.38. The molecule has 8 nitrogen and oxygen atoms in total. The van der Waals surface area contributed by atoms with Crippen LogP contribution in [0.25, 0.3) is 5.65 Å². The van der Waals surface area contributed by atoms with Crippen molar-refractivity contribution in [3.05, 3.63) is 48.4 Å². The number of pyridine rings is 1. The SMILES string of the molecule is O=S(=O)(c1ccc2c(c1)OCCO2)N1CCC[C@H]1c1nnc2ccccn12. The van der Waals surface area contributed by atoms with E-state index in [1.54, 1.807) is 18.2 Å². The van der Waals surface area contributed by atoms with Crippen LogP contribution in [-0.4, -0.2) is 47.1 Å². The lowest BCUT2D eigenvalue weighted by atomic mass is 10.2. The van der Waals surface area contributed by atoms with E-state index in [0.29, 0.717) is 49.1 Å². The highest BCUT2D eigenvalue weighted by Gasteiger charge is 2.39. The largest absolute Gasteiger partial charge is 0.486 e. The Morgan fingerprint density at radius 1 is 1.04 bits per heavy atom. The van der Waals surface area contributed by atoms with Crippen LogP contribution in [0.2, 0.25) is 0 Å². The minimum absolute atomic E-state index is 0.201. The summed E-state index contributed by atoms with van der Waals surface area (Å²) in [4.78, 5) is 0.201. The van der Waals surface area contributed by atoms with Crippen molar-refractivity contribution in [2.45, 2.75) is 23.8 Å². The summed E-state index contributed by atoms with van der Waals surface area (Å²) in [5, 5.41) is 8.43. The maximum Gasteiger partial charge on any atom is 0.243 e. The molecule has 2 aromatic heterocycles. The minimum atomic E-state index is -3.70. The van der Waals surface area contributed by atoms with Crippen LogP contribution in [0.4, 0.5) is 0 Å². The monoisotopic (exact) mass is 386 g/mol. The van der Waals surface area contributed by atoms with Crippen LogP contribution < -0.4 is 9.47 Å². The Hall–Kier alpha value is -2.65. The first-order valence-corrected chi connectivity index (χ1v) is 10.3. The third kappa shape index (κ3) is 2.65. The molecule has 2 aliphatic rings. The quantitative estimate of drug-likeness (QED) is 0.685. The third-order valence-corrected chi connectivity index (χ3v) is 6.87. The molecule has 1 fully saturated rings. The van der Waals surface area contributed by atoms with Gasteiger partial charge in [-0.05, 0) is 37.1 Å². The molecule has 0 radical (unpaired) electrons. The van der Waals surface area contributed by atoms with Gasteiger partial charge in [-0.2, -0.15) is 4.31 Å². The van der Waals surface area contributed by atoms with Crippen molar-refractivity contribution in [1.29, 1.82) is 0 Å². The molecule has 9 heteroatoms. The summed E-state index contributed by atoms with van der Waals surface area (Å²) in [6, 6.07) is 10.0.